The predicted molar refractivity (Wildman–Crippen MR) is 75.5 cm³/mol. The Hall–Kier alpha value is -2.56. The highest BCUT2D eigenvalue weighted by molar-refractivity contribution is 6.47. The first-order chi connectivity index (χ1) is 9.75. The average Bonchev–Trinajstić information content (AvgIpc) is 3.15. The first-order valence-corrected chi connectivity index (χ1v) is 6.54. The van der Waals surface area contributed by atoms with Crippen LogP contribution in [0.1, 0.15) is 18.4 Å². The summed E-state index contributed by atoms with van der Waals surface area (Å²) in [7, 11) is 0. The van der Waals surface area contributed by atoms with Crippen molar-refractivity contribution in [3.8, 4) is 11.1 Å². The molecule has 0 saturated heterocycles. The van der Waals surface area contributed by atoms with Crippen LogP contribution in [0.15, 0.2) is 46.3 Å². The number of ketones is 1. The molecule has 2 aliphatic rings. The molecule has 2 aromatic rings. The van der Waals surface area contributed by atoms with Crippen molar-refractivity contribution < 1.29 is 9.21 Å². The Balaban J connectivity index is 1.89. The molecule has 0 fully saturated rings. The lowest BCUT2D eigenvalue weighted by atomic mass is 9.88. The van der Waals surface area contributed by atoms with E-state index in [0.29, 0.717) is 12.5 Å². The third kappa shape index (κ3) is 1.43. The van der Waals surface area contributed by atoms with Gasteiger partial charge in [0.25, 0.3) is 0 Å². The largest absolute Gasteiger partial charge is 0.472 e. The summed E-state index contributed by atoms with van der Waals surface area (Å²) in [5, 5.41) is 4.10. The molecule has 4 rings (SSSR count). The maximum atomic E-state index is 12.3. The van der Waals surface area contributed by atoms with Crippen LogP contribution in [0.3, 0.4) is 0 Å². The first-order valence-electron chi connectivity index (χ1n) is 6.54. The summed E-state index contributed by atoms with van der Waals surface area (Å²) in [4.78, 5) is 14.2. The summed E-state index contributed by atoms with van der Waals surface area (Å²) < 4.78 is 5.13. The topological polar surface area (TPSA) is 57.8 Å². The molecule has 100 valence electrons. The van der Waals surface area contributed by atoms with Crippen LogP contribution >= 0.6 is 0 Å². The summed E-state index contributed by atoms with van der Waals surface area (Å²) in [5.74, 6) is 0.422. The molecule has 0 spiro atoms. The minimum atomic E-state index is -0.154. The van der Waals surface area contributed by atoms with Gasteiger partial charge in [-0.25, -0.2) is 0 Å². The Morgan fingerprint density at radius 1 is 1.35 bits per heavy atom. The van der Waals surface area contributed by atoms with Gasteiger partial charge in [0.2, 0.25) is 5.78 Å². The number of hydrazone groups is 1. The molecule has 1 aromatic heterocycles. The number of fused-ring (bicyclic) bond motifs is 3. The van der Waals surface area contributed by atoms with E-state index in [0.717, 1.165) is 22.4 Å². The number of benzene rings is 1. The van der Waals surface area contributed by atoms with Gasteiger partial charge in [-0.15, -0.1) is 0 Å². The number of hydrogen-bond acceptors (Lipinski definition) is 5. The lowest BCUT2D eigenvalue weighted by Crippen LogP contribution is -2.41. The Morgan fingerprint density at radius 3 is 3.05 bits per heavy atom. The second kappa shape index (κ2) is 3.96. The van der Waals surface area contributed by atoms with Gasteiger partial charge in [-0.05, 0) is 23.3 Å². The van der Waals surface area contributed by atoms with E-state index in [1.807, 2.05) is 30.0 Å². The van der Waals surface area contributed by atoms with Gasteiger partial charge in [0, 0.05) is 17.2 Å². The Labute approximate surface area is 115 Å². The zero-order valence-corrected chi connectivity index (χ0v) is 11.0. The van der Waals surface area contributed by atoms with Crippen LogP contribution in [-0.4, -0.2) is 18.3 Å². The standard InChI is InChI=1S/C15H13N3O2/c1-9-12-3-2-10(11-4-5-20-7-11)6-13(12)18-8-16-17-15(18)14(9)19/h2-7,9,16H,8H2,1H3. The molecule has 2 aliphatic heterocycles. The number of Topliss-reactive ketones (excluding diaryl/α,β-unsaturated/α-hetero) is 1. The van der Waals surface area contributed by atoms with Gasteiger partial charge < -0.3 is 9.32 Å². The summed E-state index contributed by atoms with van der Waals surface area (Å²) in [6.07, 6.45) is 3.38. The summed E-state index contributed by atoms with van der Waals surface area (Å²) in [6.45, 7) is 2.46. The minimum Gasteiger partial charge on any atom is -0.472 e. The first kappa shape index (κ1) is 11.3. The van der Waals surface area contributed by atoms with E-state index < -0.39 is 0 Å². The van der Waals surface area contributed by atoms with Crippen LogP contribution in [0.25, 0.3) is 11.1 Å². The fraction of sp³-hybridized carbons (Fsp3) is 0.200. The average molecular weight is 267 g/mol. The normalized spacial score (nSPS) is 20.2. The lowest BCUT2D eigenvalue weighted by Gasteiger charge is -2.30. The Bertz CT molecular complexity index is 719. The van der Waals surface area contributed by atoms with Gasteiger partial charge in [0.05, 0.1) is 12.5 Å². The van der Waals surface area contributed by atoms with Gasteiger partial charge in [-0.3, -0.25) is 10.2 Å². The lowest BCUT2D eigenvalue weighted by molar-refractivity contribution is -0.114. The van der Waals surface area contributed by atoms with E-state index in [9.17, 15) is 4.79 Å². The molecule has 1 N–H and O–H groups in total. The number of nitrogens with one attached hydrogen (secondary N) is 1. The minimum absolute atomic E-state index is 0.0681. The van der Waals surface area contributed by atoms with Gasteiger partial charge in [-0.2, -0.15) is 5.10 Å². The van der Waals surface area contributed by atoms with Crippen molar-refractivity contribution in [2.45, 2.75) is 12.8 Å². The summed E-state index contributed by atoms with van der Waals surface area (Å²) in [6, 6.07) is 8.07. The van der Waals surface area contributed by atoms with Crippen LogP contribution in [0, 0.1) is 0 Å². The third-order valence-electron chi connectivity index (χ3n) is 3.93. The highest BCUT2D eigenvalue weighted by atomic mass is 16.3. The van der Waals surface area contributed by atoms with Gasteiger partial charge in [0.15, 0.2) is 5.84 Å². The fourth-order valence-corrected chi connectivity index (χ4v) is 2.79. The number of rotatable bonds is 1. The molecule has 3 heterocycles. The molecule has 1 atom stereocenters. The van der Waals surface area contributed by atoms with E-state index >= 15 is 0 Å². The summed E-state index contributed by atoms with van der Waals surface area (Å²) in [5.41, 5.74) is 7.08. The van der Waals surface area contributed by atoms with Crippen LogP contribution in [0.4, 0.5) is 5.69 Å². The van der Waals surface area contributed by atoms with Crippen LogP contribution in [0.2, 0.25) is 0 Å². The molecule has 1 unspecified atom stereocenters. The SMILES string of the molecule is CC1C(=O)C2=NNCN2c2cc(-c3ccoc3)ccc21. The zero-order chi connectivity index (χ0) is 13.7. The molecular weight excluding hydrogens is 254 g/mol. The van der Waals surface area contributed by atoms with Crippen molar-refractivity contribution in [3.05, 3.63) is 42.4 Å². The highest BCUT2D eigenvalue weighted by Crippen LogP contribution is 2.37. The van der Waals surface area contributed by atoms with E-state index in [2.05, 4.69) is 16.6 Å². The van der Waals surface area contributed by atoms with Crippen molar-refractivity contribution in [2.24, 2.45) is 5.10 Å². The second-order valence-corrected chi connectivity index (χ2v) is 5.05. The van der Waals surface area contributed by atoms with Gasteiger partial charge in [-0.1, -0.05) is 19.1 Å². The maximum absolute atomic E-state index is 12.3. The molecule has 0 aliphatic carbocycles. The zero-order valence-electron chi connectivity index (χ0n) is 11.0. The molecule has 0 amide bonds. The number of hydrogen-bond donors (Lipinski definition) is 1. The second-order valence-electron chi connectivity index (χ2n) is 5.05. The third-order valence-corrected chi connectivity index (χ3v) is 3.93. The molecule has 5 nitrogen and oxygen atoms in total. The number of amidine groups is 1. The highest BCUT2D eigenvalue weighted by Gasteiger charge is 2.37. The predicted octanol–water partition coefficient (Wildman–Crippen LogP) is 2.31. The number of carbonyl (C=O) groups is 1. The van der Waals surface area contributed by atoms with Crippen molar-refractivity contribution >= 4 is 17.3 Å². The fourth-order valence-electron chi connectivity index (χ4n) is 2.79. The van der Waals surface area contributed by atoms with Gasteiger partial charge >= 0.3 is 0 Å². The smallest absolute Gasteiger partial charge is 0.207 e. The van der Waals surface area contributed by atoms with E-state index in [1.54, 1.807) is 12.5 Å². The molecule has 0 saturated carbocycles. The van der Waals surface area contributed by atoms with Crippen molar-refractivity contribution in [1.29, 1.82) is 0 Å². The van der Waals surface area contributed by atoms with E-state index in [1.165, 1.54) is 0 Å². The number of anilines is 1. The monoisotopic (exact) mass is 267 g/mol. The summed E-state index contributed by atoms with van der Waals surface area (Å²) >= 11 is 0. The van der Waals surface area contributed by atoms with E-state index in [4.69, 9.17) is 4.42 Å². The maximum Gasteiger partial charge on any atom is 0.207 e. The molecule has 20 heavy (non-hydrogen) atoms. The molecular formula is C15H13N3O2. The van der Waals surface area contributed by atoms with Crippen molar-refractivity contribution in [1.82, 2.24) is 5.43 Å². The number of furan rings is 1. The van der Waals surface area contributed by atoms with Crippen LogP contribution < -0.4 is 10.3 Å². The quantitative estimate of drug-likeness (QED) is 0.861. The van der Waals surface area contributed by atoms with Crippen molar-refractivity contribution in [2.75, 3.05) is 11.6 Å². The Morgan fingerprint density at radius 2 is 2.25 bits per heavy atom. The van der Waals surface area contributed by atoms with Crippen molar-refractivity contribution in [3.63, 3.8) is 0 Å². The van der Waals surface area contributed by atoms with E-state index in [-0.39, 0.29) is 11.7 Å². The molecule has 0 radical (unpaired) electrons. The molecule has 1 aromatic carbocycles. The molecule has 0 bridgehead atoms. The number of carbonyl (C=O) groups excluding carboxylic acids is 1. The Kier molecular flexibility index (Phi) is 2.24. The van der Waals surface area contributed by atoms with Crippen LogP contribution in [-0.2, 0) is 4.79 Å². The number of nitrogens with zero attached hydrogens (tertiary/aromatic N) is 2. The van der Waals surface area contributed by atoms with Crippen LogP contribution in [0.5, 0.6) is 0 Å². The molecule has 5 heteroatoms. The van der Waals surface area contributed by atoms with Gasteiger partial charge in [0.1, 0.15) is 6.67 Å².